The lowest BCUT2D eigenvalue weighted by molar-refractivity contribution is -0.385. The van der Waals surface area contributed by atoms with E-state index in [-0.39, 0.29) is 17.4 Å². The summed E-state index contributed by atoms with van der Waals surface area (Å²) in [4.78, 5) is 36.8. The first-order chi connectivity index (χ1) is 10.2. The van der Waals surface area contributed by atoms with Crippen molar-refractivity contribution in [2.24, 2.45) is 5.92 Å². The van der Waals surface area contributed by atoms with Gasteiger partial charge in [-0.3, -0.25) is 14.9 Å². The minimum absolute atomic E-state index is 0.159. The summed E-state index contributed by atoms with van der Waals surface area (Å²) < 4.78 is 0. The Bertz CT molecular complexity index is 558. The molecule has 0 spiro atoms. The van der Waals surface area contributed by atoms with Crippen LogP contribution in [0.2, 0.25) is 0 Å². The molecule has 1 heterocycles. The van der Waals surface area contributed by atoms with Crippen molar-refractivity contribution in [3.05, 3.63) is 28.4 Å². The minimum atomic E-state index is -1.11. The lowest BCUT2D eigenvalue weighted by Gasteiger charge is -2.21. The molecular formula is C13H18N4O5. The van der Waals surface area contributed by atoms with Gasteiger partial charge in [0.1, 0.15) is 24.1 Å². The van der Waals surface area contributed by atoms with Gasteiger partial charge in [-0.25, -0.2) is 9.78 Å². The molecule has 0 radical (unpaired) electrons. The zero-order chi connectivity index (χ0) is 16.9. The number of carbonyl (C=O) groups is 2. The van der Waals surface area contributed by atoms with Gasteiger partial charge in [0.05, 0.1) is 4.92 Å². The molecule has 3 N–H and O–H groups in total. The fourth-order valence-electron chi connectivity index (χ4n) is 1.66. The summed E-state index contributed by atoms with van der Waals surface area (Å²) in [6.45, 7) is 4.92. The third-order valence-corrected chi connectivity index (χ3v) is 2.95. The van der Waals surface area contributed by atoms with Gasteiger partial charge in [-0.15, -0.1) is 0 Å². The van der Waals surface area contributed by atoms with Crippen molar-refractivity contribution in [1.29, 1.82) is 0 Å². The predicted molar refractivity (Wildman–Crippen MR) is 78.4 cm³/mol. The number of hydrogen-bond acceptors (Lipinski definition) is 6. The molecule has 0 aliphatic heterocycles. The third-order valence-electron chi connectivity index (χ3n) is 2.95. The maximum atomic E-state index is 12.0. The first kappa shape index (κ1) is 17.3. The number of aliphatic carboxylic acids is 1. The third kappa shape index (κ3) is 4.69. The Morgan fingerprint density at radius 1 is 1.32 bits per heavy atom. The van der Waals surface area contributed by atoms with Gasteiger partial charge in [0, 0.05) is 6.07 Å². The molecule has 0 aliphatic carbocycles. The Labute approximate surface area is 126 Å². The summed E-state index contributed by atoms with van der Waals surface area (Å²) >= 11 is 0. The molecule has 1 aromatic heterocycles. The highest BCUT2D eigenvalue weighted by atomic mass is 16.6. The Balaban J connectivity index is 2.67. The number of carboxylic acid groups (broad SMARTS) is 1. The molecule has 0 aromatic carbocycles. The van der Waals surface area contributed by atoms with Gasteiger partial charge in [0.2, 0.25) is 5.91 Å². The average molecular weight is 310 g/mol. The lowest BCUT2D eigenvalue weighted by atomic mass is 10.0. The highest BCUT2D eigenvalue weighted by molar-refractivity contribution is 5.88. The van der Waals surface area contributed by atoms with Crippen LogP contribution >= 0.6 is 0 Å². The van der Waals surface area contributed by atoms with Crippen LogP contribution < -0.4 is 10.6 Å². The summed E-state index contributed by atoms with van der Waals surface area (Å²) in [5.74, 6) is -1.58. The van der Waals surface area contributed by atoms with Crippen molar-refractivity contribution in [3.8, 4) is 0 Å². The number of rotatable bonds is 7. The molecule has 0 fully saturated rings. The second-order valence-corrected chi connectivity index (χ2v) is 5.09. The van der Waals surface area contributed by atoms with Crippen molar-refractivity contribution < 1.29 is 19.6 Å². The Hall–Kier alpha value is -2.71. The van der Waals surface area contributed by atoms with Crippen molar-refractivity contribution in [2.45, 2.75) is 32.9 Å². The molecule has 0 saturated carbocycles. The van der Waals surface area contributed by atoms with Gasteiger partial charge in [-0.1, -0.05) is 13.8 Å². The van der Waals surface area contributed by atoms with Crippen LogP contribution in [0.4, 0.5) is 11.5 Å². The Kier molecular flexibility index (Phi) is 5.79. The van der Waals surface area contributed by atoms with Crippen LogP contribution in [-0.4, -0.2) is 39.0 Å². The number of nitro groups is 1. The normalized spacial score (nSPS) is 13.3. The zero-order valence-electron chi connectivity index (χ0n) is 12.4. The van der Waals surface area contributed by atoms with E-state index in [9.17, 15) is 19.7 Å². The second kappa shape index (κ2) is 7.34. The first-order valence-electron chi connectivity index (χ1n) is 6.62. The largest absolute Gasteiger partial charge is 0.480 e. The van der Waals surface area contributed by atoms with Crippen LogP contribution in [-0.2, 0) is 9.59 Å². The molecule has 22 heavy (non-hydrogen) atoms. The number of aromatic nitrogens is 1. The number of nitrogens with zero attached hydrogens (tertiary/aromatic N) is 2. The molecule has 1 amide bonds. The Morgan fingerprint density at radius 2 is 1.95 bits per heavy atom. The number of pyridine rings is 1. The standard InChI is InChI=1S/C13H18N4O5/c1-7(2)11(13(19)20)16-12(18)8(3)15-10-5-4-9(6-14-10)17(21)22/h4-8,11H,1-3H3,(H,14,15)(H,16,18)(H,19,20). The smallest absolute Gasteiger partial charge is 0.326 e. The topological polar surface area (TPSA) is 134 Å². The maximum Gasteiger partial charge on any atom is 0.326 e. The monoisotopic (exact) mass is 310 g/mol. The summed E-state index contributed by atoms with van der Waals surface area (Å²) in [6, 6.07) is 0.906. The average Bonchev–Trinajstić information content (AvgIpc) is 2.44. The second-order valence-electron chi connectivity index (χ2n) is 5.09. The summed E-state index contributed by atoms with van der Waals surface area (Å²) in [6.07, 6.45) is 1.07. The van der Waals surface area contributed by atoms with Crippen molar-refractivity contribution >= 4 is 23.4 Å². The van der Waals surface area contributed by atoms with Crippen LogP contribution in [0.15, 0.2) is 18.3 Å². The summed E-state index contributed by atoms with van der Waals surface area (Å²) in [7, 11) is 0. The van der Waals surface area contributed by atoms with Crippen LogP contribution in [0.25, 0.3) is 0 Å². The molecule has 9 heteroatoms. The van der Waals surface area contributed by atoms with E-state index in [1.165, 1.54) is 19.1 Å². The number of carboxylic acids is 1. The van der Waals surface area contributed by atoms with E-state index >= 15 is 0 Å². The SMILES string of the molecule is CC(Nc1ccc([N+](=O)[O-])cn1)C(=O)NC(C(=O)O)C(C)C. The number of anilines is 1. The van der Waals surface area contributed by atoms with Crippen molar-refractivity contribution in [1.82, 2.24) is 10.3 Å². The maximum absolute atomic E-state index is 12.0. The fourth-order valence-corrected chi connectivity index (χ4v) is 1.66. The van der Waals surface area contributed by atoms with E-state index in [2.05, 4.69) is 15.6 Å². The first-order valence-corrected chi connectivity index (χ1v) is 6.62. The fraction of sp³-hybridized carbons (Fsp3) is 0.462. The van der Waals surface area contributed by atoms with E-state index < -0.39 is 28.9 Å². The zero-order valence-corrected chi connectivity index (χ0v) is 12.4. The molecule has 0 saturated heterocycles. The van der Waals surface area contributed by atoms with Gasteiger partial charge in [-0.05, 0) is 18.9 Å². The lowest BCUT2D eigenvalue weighted by Crippen LogP contribution is -2.49. The van der Waals surface area contributed by atoms with Gasteiger partial charge >= 0.3 is 5.97 Å². The van der Waals surface area contributed by atoms with Crippen LogP contribution in [0.3, 0.4) is 0 Å². The molecule has 120 valence electrons. The van der Waals surface area contributed by atoms with Crippen molar-refractivity contribution in [2.75, 3.05) is 5.32 Å². The number of carbonyl (C=O) groups excluding carboxylic acids is 1. The van der Waals surface area contributed by atoms with Crippen LogP contribution in [0, 0.1) is 16.0 Å². The van der Waals surface area contributed by atoms with Gasteiger partial charge < -0.3 is 15.7 Å². The highest BCUT2D eigenvalue weighted by Gasteiger charge is 2.25. The number of nitrogens with one attached hydrogen (secondary N) is 2. The molecule has 2 unspecified atom stereocenters. The van der Waals surface area contributed by atoms with Crippen LogP contribution in [0.5, 0.6) is 0 Å². The summed E-state index contributed by atoms with van der Waals surface area (Å²) in [5, 5.41) is 24.7. The van der Waals surface area contributed by atoms with Gasteiger partial charge in [0.15, 0.2) is 0 Å². The van der Waals surface area contributed by atoms with Gasteiger partial charge in [0.25, 0.3) is 5.69 Å². The molecule has 9 nitrogen and oxygen atoms in total. The molecule has 1 aromatic rings. The minimum Gasteiger partial charge on any atom is -0.480 e. The predicted octanol–water partition coefficient (Wildman–Crippen LogP) is 1.02. The van der Waals surface area contributed by atoms with E-state index in [1.54, 1.807) is 13.8 Å². The quantitative estimate of drug-likeness (QED) is 0.505. The number of amides is 1. The number of hydrogen-bond donors (Lipinski definition) is 3. The van der Waals surface area contributed by atoms with Crippen LogP contribution in [0.1, 0.15) is 20.8 Å². The van der Waals surface area contributed by atoms with E-state index in [1.807, 2.05) is 0 Å². The Morgan fingerprint density at radius 3 is 2.36 bits per heavy atom. The van der Waals surface area contributed by atoms with Gasteiger partial charge in [-0.2, -0.15) is 0 Å². The summed E-state index contributed by atoms with van der Waals surface area (Å²) in [5.41, 5.74) is -0.159. The van der Waals surface area contributed by atoms with E-state index in [0.717, 1.165) is 6.20 Å². The molecule has 1 rings (SSSR count). The van der Waals surface area contributed by atoms with E-state index in [4.69, 9.17) is 5.11 Å². The molecule has 2 atom stereocenters. The highest BCUT2D eigenvalue weighted by Crippen LogP contribution is 2.12. The van der Waals surface area contributed by atoms with E-state index in [0.29, 0.717) is 0 Å². The molecule has 0 aliphatic rings. The van der Waals surface area contributed by atoms with Crippen molar-refractivity contribution in [3.63, 3.8) is 0 Å². The molecule has 0 bridgehead atoms. The molecular weight excluding hydrogens is 292 g/mol.